The molecule has 0 saturated heterocycles. The number of anilines is 1. The van der Waals surface area contributed by atoms with E-state index in [1.165, 1.54) is 6.07 Å². The minimum atomic E-state index is -4.51. The number of hydrogen-bond acceptors (Lipinski definition) is 2. The van der Waals surface area contributed by atoms with Gasteiger partial charge in [-0.2, -0.15) is 13.2 Å². The Balaban J connectivity index is 3.27. The summed E-state index contributed by atoms with van der Waals surface area (Å²) in [6.45, 7) is 5.36. The van der Waals surface area contributed by atoms with Crippen molar-refractivity contribution in [1.29, 1.82) is 5.41 Å². The average Bonchev–Trinajstić information content (AvgIpc) is 2.36. The van der Waals surface area contributed by atoms with Gasteiger partial charge in [0.2, 0.25) is 0 Å². The third-order valence-corrected chi connectivity index (χ3v) is 2.95. The first kappa shape index (κ1) is 16.3. The van der Waals surface area contributed by atoms with Crippen molar-refractivity contribution in [3.63, 3.8) is 0 Å². The molecule has 0 amide bonds. The Labute approximate surface area is 117 Å². The highest BCUT2D eigenvalue weighted by Gasteiger charge is 2.34. The van der Waals surface area contributed by atoms with Crippen LogP contribution in [0.5, 0.6) is 0 Å². The number of nitrogen functional groups attached to an aromatic ring is 1. The monoisotopic (exact) mass is 287 g/mol. The van der Waals surface area contributed by atoms with E-state index in [4.69, 9.17) is 11.1 Å². The highest BCUT2D eigenvalue weighted by atomic mass is 19.4. The van der Waals surface area contributed by atoms with Crippen LogP contribution in [0, 0.1) is 5.41 Å². The topological polar surface area (TPSA) is 53.1 Å². The molecule has 0 aliphatic rings. The van der Waals surface area contributed by atoms with E-state index in [1.807, 2.05) is 18.7 Å². The van der Waals surface area contributed by atoms with E-state index < -0.39 is 17.6 Å². The van der Waals surface area contributed by atoms with Gasteiger partial charge in [-0.25, -0.2) is 0 Å². The molecule has 20 heavy (non-hydrogen) atoms. The molecule has 3 N–H and O–H groups in total. The highest BCUT2D eigenvalue weighted by Crippen LogP contribution is 2.34. The Morgan fingerprint density at radius 1 is 1.20 bits per heavy atom. The van der Waals surface area contributed by atoms with Crippen LogP contribution < -0.4 is 10.6 Å². The van der Waals surface area contributed by atoms with Crippen molar-refractivity contribution in [3.05, 3.63) is 29.3 Å². The van der Waals surface area contributed by atoms with Crippen LogP contribution in [-0.2, 0) is 6.18 Å². The quantitative estimate of drug-likeness (QED) is 0.620. The second-order valence-electron chi connectivity index (χ2n) is 4.63. The van der Waals surface area contributed by atoms with E-state index in [9.17, 15) is 13.2 Å². The normalized spacial score (nSPS) is 11.4. The average molecular weight is 287 g/mol. The van der Waals surface area contributed by atoms with Gasteiger partial charge in [-0.3, -0.25) is 5.41 Å². The van der Waals surface area contributed by atoms with Crippen LogP contribution in [0.3, 0.4) is 0 Å². The second kappa shape index (κ2) is 6.63. The van der Waals surface area contributed by atoms with E-state index in [-0.39, 0.29) is 5.56 Å². The van der Waals surface area contributed by atoms with Crippen LogP contribution in [-0.4, -0.2) is 18.9 Å². The predicted octanol–water partition coefficient (Wildman–Crippen LogP) is 3.62. The van der Waals surface area contributed by atoms with Crippen LogP contribution in [0.2, 0.25) is 0 Å². The number of amidine groups is 1. The number of nitrogens with one attached hydrogen (secondary N) is 1. The number of nitrogens with zero attached hydrogens (tertiary/aromatic N) is 1. The molecule has 3 nitrogen and oxygen atoms in total. The van der Waals surface area contributed by atoms with Crippen LogP contribution in [0.4, 0.5) is 18.9 Å². The third-order valence-electron chi connectivity index (χ3n) is 2.95. The van der Waals surface area contributed by atoms with E-state index in [0.29, 0.717) is 18.8 Å². The van der Waals surface area contributed by atoms with E-state index in [1.54, 1.807) is 6.07 Å². The zero-order chi connectivity index (χ0) is 15.3. The molecule has 0 unspecified atom stereocenters. The molecule has 1 aromatic rings. The summed E-state index contributed by atoms with van der Waals surface area (Å²) in [5.41, 5.74) is 4.63. The van der Waals surface area contributed by atoms with Gasteiger partial charge in [-0.15, -0.1) is 0 Å². The molecule has 0 heterocycles. The Morgan fingerprint density at radius 2 is 1.75 bits per heavy atom. The third kappa shape index (κ3) is 3.88. The van der Waals surface area contributed by atoms with Crippen molar-refractivity contribution in [2.75, 3.05) is 18.0 Å². The Kier molecular flexibility index (Phi) is 5.42. The standard InChI is InChI=1S/C14H20F3N3/c1-3-7-20(8-4-2)10-5-6-11(13(18)19)12(9-10)14(15,16)17/h5-6,9H,3-4,7-8H2,1-2H3,(H3,18,19). The molecule has 112 valence electrons. The van der Waals surface area contributed by atoms with Gasteiger partial charge in [0.25, 0.3) is 0 Å². The molecule has 0 aliphatic heterocycles. The first-order valence-corrected chi connectivity index (χ1v) is 6.61. The Morgan fingerprint density at radius 3 is 2.15 bits per heavy atom. The fraction of sp³-hybridized carbons (Fsp3) is 0.500. The highest BCUT2D eigenvalue weighted by molar-refractivity contribution is 5.97. The lowest BCUT2D eigenvalue weighted by Gasteiger charge is -2.25. The summed E-state index contributed by atoms with van der Waals surface area (Å²) >= 11 is 0. The van der Waals surface area contributed by atoms with E-state index >= 15 is 0 Å². The molecule has 0 aromatic heterocycles. The lowest BCUT2D eigenvalue weighted by molar-refractivity contribution is -0.137. The van der Waals surface area contributed by atoms with Crippen LogP contribution >= 0.6 is 0 Å². The molecule has 1 aromatic carbocycles. The van der Waals surface area contributed by atoms with Crippen molar-refractivity contribution in [2.24, 2.45) is 5.73 Å². The smallest absolute Gasteiger partial charge is 0.384 e. The molecule has 0 saturated carbocycles. The molecule has 6 heteroatoms. The maximum Gasteiger partial charge on any atom is 0.417 e. The van der Waals surface area contributed by atoms with Gasteiger partial charge < -0.3 is 10.6 Å². The first-order chi connectivity index (χ1) is 9.31. The van der Waals surface area contributed by atoms with Crippen LogP contribution in [0.1, 0.15) is 37.8 Å². The van der Waals surface area contributed by atoms with Crippen molar-refractivity contribution < 1.29 is 13.2 Å². The summed E-state index contributed by atoms with van der Waals surface area (Å²) in [6, 6.07) is 3.96. The van der Waals surface area contributed by atoms with Crippen molar-refractivity contribution >= 4 is 11.5 Å². The summed E-state index contributed by atoms with van der Waals surface area (Å²) in [5.74, 6) is -0.568. The number of rotatable bonds is 6. The minimum absolute atomic E-state index is 0.269. The molecule has 0 radical (unpaired) electrons. The number of hydrogen-bond donors (Lipinski definition) is 2. The minimum Gasteiger partial charge on any atom is -0.384 e. The van der Waals surface area contributed by atoms with Gasteiger partial charge in [-0.05, 0) is 31.0 Å². The predicted molar refractivity (Wildman–Crippen MR) is 75.3 cm³/mol. The SMILES string of the molecule is CCCN(CCC)c1ccc(C(=N)N)c(C(F)(F)F)c1. The summed E-state index contributed by atoms with van der Waals surface area (Å²) in [7, 11) is 0. The fourth-order valence-corrected chi connectivity index (χ4v) is 2.11. The number of nitrogens with two attached hydrogens (primary N) is 1. The molecular formula is C14H20F3N3. The molecule has 1 rings (SSSR count). The lowest BCUT2D eigenvalue weighted by Crippen LogP contribution is -2.26. The number of alkyl halides is 3. The zero-order valence-corrected chi connectivity index (χ0v) is 11.7. The lowest BCUT2D eigenvalue weighted by atomic mass is 10.0. The first-order valence-electron chi connectivity index (χ1n) is 6.61. The van der Waals surface area contributed by atoms with Crippen molar-refractivity contribution in [3.8, 4) is 0 Å². The summed E-state index contributed by atoms with van der Waals surface area (Å²) in [6.07, 6.45) is -2.80. The molecule has 0 atom stereocenters. The van der Waals surface area contributed by atoms with Crippen LogP contribution in [0.15, 0.2) is 18.2 Å². The molecular weight excluding hydrogens is 267 g/mol. The summed E-state index contributed by atoms with van der Waals surface area (Å²) in [4.78, 5) is 1.92. The maximum atomic E-state index is 13.1. The van der Waals surface area contributed by atoms with E-state index in [2.05, 4.69) is 0 Å². The van der Waals surface area contributed by atoms with Gasteiger partial charge in [-0.1, -0.05) is 13.8 Å². The van der Waals surface area contributed by atoms with Gasteiger partial charge in [0.15, 0.2) is 0 Å². The second-order valence-corrected chi connectivity index (χ2v) is 4.63. The van der Waals surface area contributed by atoms with Gasteiger partial charge in [0.05, 0.1) is 5.56 Å². The van der Waals surface area contributed by atoms with Gasteiger partial charge in [0.1, 0.15) is 5.84 Å². The van der Waals surface area contributed by atoms with Crippen LogP contribution in [0.25, 0.3) is 0 Å². The van der Waals surface area contributed by atoms with Gasteiger partial charge in [0, 0.05) is 24.3 Å². The van der Waals surface area contributed by atoms with Gasteiger partial charge >= 0.3 is 6.18 Å². The van der Waals surface area contributed by atoms with Crippen molar-refractivity contribution in [2.45, 2.75) is 32.9 Å². The van der Waals surface area contributed by atoms with E-state index in [0.717, 1.165) is 18.9 Å². The van der Waals surface area contributed by atoms with Crippen molar-refractivity contribution in [1.82, 2.24) is 0 Å². The largest absolute Gasteiger partial charge is 0.417 e. The Bertz CT molecular complexity index is 463. The molecule has 0 aliphatic carbocycles. The summed E-state index contributed by atoms with van der Waals surface area (Å²) in [5, 5.41) is 7.26. The molecule has 0 spiro atoms. The zero-order valence-electron chi connectivity index (χ0n) is 11.7. The maximum absolute atomic E-state index is 13.1. The summed E-state index contributed by atoms with van der Waals surface area (Å²) < 4.78 is 39.2. The molecule has 0 fully saturated rings. The number of halogens is 3. The fourth-order valence-electron chi connectivity index (χ4n) is 2.11. The Hall–Kier alpha value is -1.72. The number of benzene rings is 1. The molecule has 0 bridgehead atoms.